The Bertz CT molecular complexity index is 1230. The summed E-state index contributed by atoms with van der Waals surface area (Å²) in [6, 6.07) is 11.3. The van der Waals surface area contributed by atoms with Crippen LogP contribution in [0.5, 0.6) is 11.5 Å². The molecule has 0 saturated carbocycles. The SMILES string of the molecule is CCOc1cc2c(cc1NC(=O)CCCN(C)C)C(Nc1ccc(OCC3CCC(F)CN3)c(Cl)c1)C(C#N)CN2. The molecule has 2 aromatic carbocycles. The largest absolute Gasteiger partial charge is 0.492 e. The standard InChI is InChI=1S/C30H40ClFN6O3/c1-4-40-28-14-25-23(13-26(28)37-29(39)6-5-11-38(2)3)30(19(15-33)16-35-25)36-21-9-10-27(24(31)12-21)41-18-22-8-7-20(32)17-34-22/h9-10,12-14,19-20,22,30,34-36H,4-8,11,16-18H2,1-3H3,(H,37,39). The van der Waals surface area contributed by atoms with Gasteiger partial charge in [-0.1, -0.05) is 11.6 Å². The summed E-state index contributed by atoms with van der Waals surface area (Å²) in [7, 11) is 3.96. The lowest BCUT2D eigenvalue weighted by molar-refractivity contribution is -0.116. The van der Waals surface area contributed by atoms with Crippen LogP contribution in [0.15, 0.2) is 30.3 Å². The number of nitrogens with one attached hydrogen (secondary N) is 4. The summed E-state index contributed by atoms with van der Waals surface area (Å²) < 4.78 is 25.2. The summed E-state index contributed by atoms with van der Waals surface area (Å²) in [5, 5.41) is 23.4. The number of hydrogen-bond donors (Lipinski definition) is 4. The van der Waals surface area contributed by atoms with Crippen molar-refractivity contribution in [1.29, 1.82) is 5.26 Å². The average Bonchev–Trinajstić information content (AvgIpc) is 2.94. The lowest BCUT2D eigenvalue weighted by Crippen LogP contribution is -2.43. The maximum absolute atomic E-state index is 13.4. The molecule has 41 heavy (non-hydrogen) atoms. The van der Waals surface area contributed by atoms with E-state index >= 15 is 0 Å². The van der Waals surface area contributed by atoms with Crippen molar-refractivity contribution < 1.29 is 18.7 Å². The van der Waals surface area contributed by atoms with Crippen LogP contribution < -0.4 is 30.7 Å². The van der Waals surface area contributed by atoms with Crippen LogP contribution in [0.1, 0.15) is 44.2 Å². The van der Waals surface area contributed by atoms with Crippen molar-refractivity contribution in [2.45, 2.75) is 50.9 Å². The number of benzene rings is 2. The van der Waals surface area contributed by atoms with Gasteiger partial charge < -0.3 is 35.6 Å². The zero-order valence-corrected chi connectivity index (χ0v) is 24.7. The van der Waals surface area contributed by atoms with Crippen LogP contribution in [0, 0.1) is 17.2 Å². The van der Waals surface area contributed by atoms with E-state index in [2.05, 4.69) is 27.3 Å². The van der Waals surface area contributed by atoms with Crippen molar-refractivity contribution in [3.63, 3.8) is 0 Å². The van der Waals surface area contributed by atoms with E-state index in [0.29, 0.717) is 67.8 Å². The highest BCUT2D eigenvalue weighted by Crippen LogP contribution is 2.42. The van der Waals surface area contributed by atoms with Gasteiger partial charge in [-0.25, -0.2) is 4.39 Å². The maximum Gasteiger partial charge on any atom is 0.224 e. The topological polar surface area (TPSA) is 111 Å². The number of ether oxygens (including phenoxy) is 2. The maximum atomic E-state index is 13.4. The number of rotatable bonds is 12. The number of piperidine rings is 1. The number of hydrogen-bond acceptors (Lipinski definition) is 8. The van der Waals surface area contributed by atoms with Crippen molar-refractivity contribution in [1.82, 2.24) is 10.2 Å². The fourth-order valence-electron chi connectivity index (χ4n) is 5.10. The van der Waals surface area contributed by atoms with Gasteiger partial charge in [-0.15, -0.1) is 0 Å². The Balaban J connectivity index is 1.51. The fourth-order valence-corrected chi connectivity index (χ4v) is 5.34. The van der Waals surface area contributed by atoms with E-state index < -0.39 is 6.17 Å². The molecule has 4 rings (SSSR count). The highest BCUT2D eigenvalue weighted by atomic mass is 35.5. The second kappa shape index (κ2) is 14.6. The van der Waals surface area contributed by atoms with Crippen molar-refractivity contribution >= 4 is 34.6 Å². The monoisotopic (exact) mass is 586 g/mol. The van der Waals surface area contributed by atoms with Crippen LogP contribution in [0.2, 0.25) is 5.02 Å². The predicted octanol–water partition coefficient (Wildman–Crippen LogP) is 5.21. The Morgan fingerprint density at radius 2 is 2.02 bits per heavy atom. The highest BCUT2D eigenvalue weighted by molar-refractivity contribution is 6.32. The molecule has 0 aromatic heterocycles. The number of amides is 1. The van der Waals surface area contributed by atoms with Gasteiger partial charge in [0.1, 0.15) is 24.3 Å². The second-order valence-corrected chi connectivity index (χ2v) is 11.2. The highest BCUT2D eigenvalue weighted by Gasteiger charge is 2.31. The molecular weight excluding hydrogens is 547 g/mol. The van der Waals surface area contributed by atoms with Crippen molar-refractivity contribution in [2.75, 3.05) is 62.9 Å². The van der Waals surface area contributed by atoms with Crippen LogP contribution in [-0.2, 0) is 4.79 Å². The lowest BCUT2D eigenvalue weighted by atomic mass is 9.88. The first-order chi connectivity index (χ1) is 19.8. The normalized spacial score (nSPS) is 21.8. The minimum Gasteiger partial charge on any atom is -0.492 e. The van der Waals surface area contributed by atoms with Gasteiger partial charge in [0, 0.05) is 48.6 Å². The Hall–Kier alpha value is -3.26. The molecule has 2 aliphatic rings. The summed E-state index contributed by atoms with van der Waals surface area (Å²) in [4.78, 5) is 14.8. The number of halogens is 2. The molecule has 4 N–H and O–H groups in total. The first kappa shape index (κ1) is 30.7. The third-order valence-electron chi connectivity index (χ3n) is 7.30. The van der Waals surface area contributed by atoms with Crippen LogP contribution in [0.3, 0.4) is 0 Å². The molecule has 1 amide bonds. The Morgan fingerprint density at radius 1 is 1.20 bits per heavy atom. The molecule has 1 fully saturated rings. The Morgan fingerprint density at radius 3 is 2.71 bits per heavy atom. The van der Waals surface area contributed by atoms with Crippen molar-refractivity contribution in [2.24, 2.45) is 5.92 Å². The predicted molar refractivity (Wildman–Crippen MR) is 161 cm³/mol. The summed E-state index contributed by atoms with van der Waals surface area (Å²) in [6.07, 6.45) is 1.58. The summed E-state index contributed by atoms with van der Waals surface area (Å²) in [5.74, 6) is 0.654. The fraction of sp³-hybridized carbons (Fsp3) is 0.533. The first-order valence-electron chi connectivity index (χ1n) is 14.2. The van der Waals surface area contributed by atoms with Gasteiger partial charge in [-0.05, 0) is 71.1 Å². The molecular formula is C30H40ClFN6O3. The van der Waals surface area contributed by atoms with E-state index in [1.807, 2.05) is 44.1 Å². The van der Waals surface area contributed by atoms with Gasteiger partial charge in [0.15, 0.2) is 0 Å². The molecule has 2 heterocycles. The molecule has 4 unspecified atom stereocenters. The molecule has 1 saturated heterocycles. The van der Waals surface area contributed by atoms with Crippen LogP contribution in [-0.4, -0.2) is 70.0 Å². The van der Waals surface area contributed by atoms with Gasteiger partial charge >= 0.3 is 0 Å². The smallest absolute Gasteiger partial charge is 0.224 e. The van der Waals surface area contributed by atoms with E-state index in [9.17, 15) is 14.4 Å². The van der Waals surface area contributed by atoms with Gasteiger partial charge in [0.2, 0.25) is 5.91 Å². The Labute approximate surface area is 246 Å². The average molecular weight is 587 g/mol. The van der Waals surface area contributed by atoms with Gasteiger partial charge in [0.05, 0.1) is 35.3 Å². The van der Waals surface area contributed by atoms with Crippen LogP contribution in [0.25, 0.3) is 0 Å². The van der Waals surface area contributed by atoms with Gasteiger partial charge in [0.25, 0.3) is 0 Å². The number of fused-ring (bicyclic) bond motifs is 1. The summed E-state index contributed by atoms with van der Waals surface area (Å²) >= 11 is 6.57. The number of anilines is 3. The molecule has 9 nitrogen and oxygen atoms in total. The van der Waals surface area contributed by atoms with Gasteiger partial charge in [-0.3, -0.25) is 4.79 Å². The quantitative estimate of drug-likeness (QED) is 0.268. The van der Waals surface area contributed by atoms with Crippen molar-refractivity contribution in [3.05, 3.63) is 40.9 Å². The molecule has 0 bridgehead atoms. The molecule has 0 aliphatic carbocycles. The van der Waals surface area contributed by atoms with Gasteiger partial charge in [-0.2, -0.15) is 5.26 Å². The molecule has 2 aromatic rings. The number of carbonyl (C=O) groups is 1. The zero-order chi connectivity index (χ0) is 29.4. The molecule has 0 spiro atoms. The van der Waals surface area contributed by atoms with E-state index in [1.54, 1.807) is 12.1 Å². The van der Waals surface area contributed by atoms with Crippen LogP contribution in [0.4, 0.5) is 21.5 Å². The number of nitriles is 1. The molecule has 4 atom stereocenters. The third-order valence-corrected chi connectivity index (χ3v) is 7.60. The minimum atomic E-state index is -0.802. The Kier molecular flexibility index (Phi) is 10.9. The molecule has 222 valence electrons. The summed E-state index contributed by atoms with van der Waals surface area (Å²) in [5.41, 5.74) is 3.00. The molecule has 2 aliphatic heterocycles. The molecule has 0 radical (unpaired) electrons. The zero-order valence-electron chi connectivity index (χ0n) is 23.9. The van der Waals surface area contributed by atoms with E-state index in [0.717, 1.165) is 29.9 Å². The van der Waals surface area contributed by atoms with Crippen LogP contribution >= 0.6 is 11.6 Å². The summed E-state index contributed by atoms with van der Waals surface area (Å²) in [6.45, 7) is 4.36. The first-order valence-corrected chi connectivity index (χ1v) is 14.6. The number of alkyl halides is 1. The number of carbonyl (C=O) groups excluding carboxylic acids is 1. The minimum absolute atomic E-state index is 0.0859. The van der Waals surface area contributed by atoms with E-state index in [4.69, 9.17) is 21.1 Å². The van der Waals surface area contributed by atoms with E-state index in [-0.39, 0.29) is 23.9 Å². The van der Waals surface area contributed by atoms with E-state index in [1.165, 1.54) is 0 Å². The van der Waals surface area contributed by atoms with Crippen molar-refractivity contribution in [3.8, 4) is 17.6 Å². The molecule has 11 heteroatoms. The second-order valence-electron chi connectivity index (χ2n) is 10.8. The number of nitrogens with zero attached hydrogens (tertiary/aromatic N) is 2. The third kappa shape index (κ3) is 8.38. The lowest BCUT2D eigenvalue weighted by Gasteiger charge is -2.33.